The molecule has 0 spiro atoms. The summed E-state index contributed by atoms with van der Waals surface area (Å²) < 4.78 is 0. The van der Waals surface area contributed by atoms with Crippen LogP contribution < -0.4 is 11.1 Å². The average molecular weight is 223 g/mol. The first kappa shape index (κ1) is 12.7. The first-order chi connectivity index (χ1) is 7.39. The van der Waals surface area contributed by atoms with Crippen molar-refractivity contribution in [3.05, 3.63) is 12.4 Å². The topological polar surface area (TPSA) is 67.1 Å². The van der Waals surface area contributed by atoms with E-state index in [0.717, 1.165) is 13.1 Å². The van der Waals surface area contributed by atoms with Crippen LogP contribution in [-0.4, -0.2) is 42.1 Å². The van der Waals surface area contributed by atoms with Gasteiger partial charge in [0.25, 0.3) is 0 Å². The van der Waals surface area contributed by atoms with E-state index in [4.69, 9.17) is 5.73 Å². The van der Waals surface area contributed by atoms with Gasteiger partial charge in [-0.3, -0.25) is 0 Å². The smallest absolute Gasteiger partial charge is 0.222 e. The van der Waals surface area contributed by atoms with Gasteiger partial charge in [-0.2, -0.15) is 0 Å². The maximum Gasteiger partial charge on any atom is 0.222 e. The molecule has 0 fully saturated rings. The molecule has 1 rings (SSSR count). The Labute approximate surface area is 97.1 Å². The highest BCUT2D eigenvalue weighted by Gasteiger charge is 2.18. The lowest BCUT2D eigenvalue weighted by Gasteiger charge is -2.28. The summed E-state index contributed by atoms with van der Waals surface area (Å²) in [6.07, 6.45) is 3.21. The van der Waals surface area contributed by atoms with E-state index < -0.39 is 0 Å². The van der Waals surface area contributed by atoms with Crippen molar-refractivity contribution in [1.29, 1.82) is 0 Å². The lowest BCUT2D eigenvalue weighted by molar-refractivity contribution is 0.254. The monoisotopic (exact) mass is 223 g/mol. The predicted molar refractivity (Wildman–Crippen MR) is 67.3 cm³/mol. The first-order valence-electron chi connectivity index (χ1n) is 5.35. The van der Waals surface area contributed by atoms with Crippen molar-refractivity contribution >= 4 is 11.6 Å². The Hall–Kier alpha value is -1.36. The molecule has 5 heteroatoms. The molecule has 0 aliphatic heterocycles. The minimum atomic E-state index is 0.175. The second-order valence-corrected chi connectivity index (χ2v) is 5.10. The second kappa shape index (κ2) is 5.12. The summed E-state index contributed by atoms with van der Waals surface area (Å²) in [5, 5.41) is 3.21. The number of rotatable bonds is 5. The quantitative estimate of drug-likeness (QED) is 0.781. The summed E-state index contributed by atoms with van der Waals surface area (Å²) in [5.41, 5.74) is 6.27. The molecule has 0 saturated carbocycles. The molecule has 90 valence electrons. The minimum Gasteiger partial charge on any atom is -0.396 e. The van der Waals surface area contributed by atoms with E-state index in [1.54, 1.807) is 12.4 Å². The average Bonchev–Trinajstić information content (AvgIpc) is 2.15. The Bertz CT molecular complexity index is 318. The van der Waals surface area contributed by atoms with Crippen LogP contribution in [0.3, 0.4) is 0 Å². The van der Waals surface area contributed by atoms with E-state index in [1.165, 1.54) is 0 Å². The van der Waals surface area contributed by atoms with Crippen LogP contribution >= 0.6 is 0 Å². The van der Waals surface area contributed by atoms with Gasteiger partial charge >= 0.3 is 0 Å². The molecule has 0 amide bonds. The Balaban J connectivity index is 2.47. The van der Waals surface area contributed by atoms with Crippen LogP contribution in [0, 0.1) is 5.41 Å². The highest BCUT2D eigenvalue weighted by atomic mass is 15.1. The van der Waals surface area contributed by atoms with Crippen LogP contribution in [0.4, 0.5) is 11.6 Å². The number of nitrogens with two attached hydrogens (primary N) is 1. The molecule has 0 unspecified atom stereocenters. The zero-order valence-electron chi connectivity index (χ0n) is 10.5. The van der Waals surface area contributed by atoms with Crippen molar-refractivity contribution < 1.29 is 0 Å². The van der Waals surface area contributed by atoms with E-state index in [0.29, 0.717) is 11.6 Å². The fraction of sp³-hybridized carbons (Fsp3) is 0.636. The number of anilines is 2. The molecule has 3 N–H and O–H groups in total. The van der Waals surface area contributed by atoms with Crippen molar-refractivity contribution in [2.75, 3.05) is 38.2 Å². The fourth-order valence-corrected chi connectivity index (χ4v) is 1.66. The Morgan fingerprint density at radius 2 is 1.88 bits per heavy atom. The zero-order valence-corrected chi connectivity index (χ0v) is 10.5. The van der Waals surface area contributed by atoms with Gasteiger partial charge in [-0.1, -0.05) is 13.8 Å². The van der Waals surface area contributed by atoms with Crippen LogP contribution in [-0.2, 0) is 0 Å². The summed E-state index contributed by atoms with van der Waals surface area (Å²) in [6.45, 7) is 6.25. The van der Waals surface area contributed by atoms with Gasteiger partial charge in [0.05, 0.1) is 18.1 Å². The summed E-state index contributed by atoms with van der Waals surface area (Å²) in [4.78, 5) is 10.4. The third kappa shape index (κ3) is 4.44. The molecule has 0 bridgehead atoms. The molecule has 16 heavy (non-hydrogen) atoms. The third-order valence-corrected chi connectivity index (χ3v) is 2.14. The molecule has 0 aromatic carbocycles. The van der Waals surface area contributed by atoms with E-state index in [2.05, 4.69) is 48.1 Å². The van der Waals surface area contributed by atoms with Crippen LogP contribution in [0.5, 0.6) is 0 Å². The number of hydrogen-bond donors (Lipinski definition) is 2. The first-order valence-corrected chi connectivity index (χ1v) is 5.35. The Kier molecular flexibility index (Phi) is 4.06. The highest BCUT2D eigenvalue weighted by Crippen LogP contribution is 2.16. The Morgan fingerprint density at radius 3 is 2.38 bits per heavy atom. The van der Waals surface area contributed by atoms with Crippen molar-refractivity contribution in [3.8, 4) is 0 Å². The lowest BCUT2D eigenvalue weighted by Crippen LogP contribution is -2.34. The molecule has 1 heterocycles. The molecule has 0 saturated heterocycles. The molecule has 1 aromatic heterocycles. The molecular formula is C11H21N5. The molecular weight excluding hydrogens is 202 g/mol. The van der Waals surface area contributed by atoms with Crippen molar-refractivity contribution in [3.63, 3.8) is 0 Å². The summed E-state index contributed by atoms with van der Waals surface area (Å²) in [6, 6.07) is 0. The van der Waals surface area contributed by atoms with Gasteiger partial charge in [0.15, 0.2) is 0 Å². The molecule has 1 aromatic rings. The van der Waals surface area contributed by atoms with Gasteiger partial charge in [-0.25, -0.2) is 9.97 Å². The predicted octanol–water partition coefficient (Wildman–Crippen LogP) is 1.06. The van der Waals surface area contributed by atoms with Crippen LogP contribution in [0.1, 0.15) is 13.8 Å². The zero-order chi connectivity index (χ0) is 12.2. The molecule has 0 aliphatic carbocycles. The number of aromatic nitrogens is 2. The maximum atomic E-state index is 5.52. The van der Waals surface area contributed by atoms with Gasteiger partial charge < -0.3 is 16.0 Å². The van der Waals surface area contributed by atoms with Gasteiger partial charge in [0.1, 0.15) is 0 Å². The number of nitrogen functional groups attached to an aromatic ring is 1. The van der Waals surface area contributed by atoms with E-state index in [-0.39, 0.29) is 5.41 Å². The van der Waals surface area contributed by atoms with Gasteiger partial charge in [-0.15, -0.1) is 0 Å². The molecule has 5 nitrogen and oxygen atoms in total. The Morgan fingerprint density at radius 1 is 1.31 bits per heavy atom. The van der Waals surface area contributed by atoms with Crippen molar-refractivity contribution in [2.45, 2.75) is 13.8 Å². The molecule has 0 radical (unpaired) electrons. The van der Waals surface area contributed by atoms with E-state index in [9.17, 15) is 0 Å². The fourth-order valence-electron chi connectivity index (χ4n) is 1.66. The maximum absolute atomic E-state index is 5.52. The minimum absolute atomic E-state index is 0.175. The summed E-state index contributed by atoms with van der Waals surface area (Å²) in [7, 11) is 4.14. The number of nitrogens with one attached hydrogen (secondary N) is 1. The molecule has 0 atom stereocenters. The van der Waals surface area contributed by atoms with Gasteiger partial charge in [0, 0.05) is 13.1 Å². The largest absolute Gasteiger partial charge is 0.396 e. The van der Waals surface area contributed by atoms with Crippen LogP contribution in [0.15, 0.2) is 12.4 Å². The van der Waals surface area contributed by atoms with Gasteiger partial charge in [-0.05, 0) is 19.5 Å². The van der Waals surface area contributed by atoms with E-state index >= 15 is 0 Å². The second-order valence-electron chi connectivity index (χ2n) is 5.10. The van der Waals surface area contributed by atoms with E-state index in [1.807, 2.05) is 0 Å². The molecule has 0 aliphatic rings. The third-order valence-electron chi connectivity index (χ3n) is 2.14. The standard InChI is InChI=1S/C11H21N5/c1-11(2,8-16(3)4)7-15-10-13-5-9(12)6-14-10/h5-6H,7-8,12H2,1-4H3,(H,13,14,15). The van der Waals surface area contributed by atoms with Crippen LogP contribution in [0.2, 0.25) is 0 Å². The SMILES string of the molecule is CN(C)CC(C)(C)CNc1ncc(N)cn1. The number of nitrogens with zero attached hydrogens (tertiary/aromatic N) is 3. The van der Waals surface area contributed by atoms with Gasteiger partial charge in [0.2, 0.25) is 5.95 Å². The highest BCUT2D eigenvalue weighted by molar-refractivity contribution is 5.35. The summed E-state index contributed by atoms with van der Waals surface area (Å²) in [5.74, 6) is 0.626. The van der Waals surface area contributed by atoms with Crippen LogP contribution in [0.25, 0.3) is 0 Å². The summed E-state index contributed by atoms with van der Waals surface area (Å²) >= 11 is 0. The normalized spacial score (nSPS) is 11.8. The van der Waals surface area contributed by atoms with Crippen molar-refractivity contribution in [1.82, 2.24) is 14.9 Å². The lowest BCUT2D eigenvalue weighted by atomic mass is 9.93. The number of hydrogen-bond acceptors (Lipinski definition) is 5. The van der Waals surface area contributed by atoms with Crippen molar-refractivity contribution in [2.24, 2.45) is 5.41 Å².